The number of aliphatic carboxylic acids is 1. The molecule has 0 bridgehead atoms. The number of nitrogens with zero attached hydrogens (tertiary/aromatic N) is 1. The quantitative estimate of drug-likeness (QED) is 0.460. The van der Waals surface area contributed by atoms with Crippen LogP contribution >= 0.6 is 0 Å². The van der Waals surface area contributed by atoms with Crippen LogP contribution in [0.15, 0.2) is 35.4 Å². The van der Waals surface area contributed by atoms with E-state index < -0.39 is 5.97 Å². The summed E-state index contributed by atoms with van der Waals surface area (Å²) in [7, 11) is 3.30. The number of rotatable bonds is 10. The van der Waals surface area contributed by atoms with E-state index in [2.05, 4.69) is 22.7 Å². The molecule has 2 unspecified atom stereocenters. The number of hydrazone groups is 1. The lowest BCUT2D eigenvalue weighted by molar-refractivity contribution is -0.145. The number of nitrogens with one attached hydrogen (secondary N) is 1. The van der Waals surface area contributed by atoms with Crippen LogP contribution in [0.1, 0.15) is 37.7 Å². The van der Waals surface area contributed by atoms with E-state index in [1.807, 2.05) is 18.2 Å². The Balaban J connectivity index is 1.52. The number of methoxy groups -OCH3 is 2. The van der Waals surface area contributed by atoms with Gasteiger partial charge in [-0.3, -0.25) is 4.79 Å². The van der Waals surface area contributed by atoms with Crippen molar-refractivity contribution in [2.24, 2.45) is 22.9 Å². The number of ether oxygens (including phenoxy) is 3. The lowest BCUT2D eigenvalue weighted by Crippen LogP contribution is -2.44. The van der Waals surface area contributed by atoms with Gasteiger partial charge in [0.15, 0.2) is 6.29 Å². The Kier molecular flexibility index (Phi) is 8.03. The summed E-state index contributed by atoms with van der Waals surface area (Å²) in [6.07, 6.45) is 3.67. The molecule has 1 aromatic carbocycles. The molecule has 2 aliphatic carbocycles. The fourth-order valence-electron chi connectivity index (χ4n) is 4.15. The smallest absolute Gasteiger partial charge is 0.306 e. The van der Waals surface area contributed by atoms with Crippen LogP contribution in [0.4, 0.5) is 0 Å². The van der Waals surface area contributed by atoms with Gasteiger partial charge in [-0.05, 0) is 43.6 Å². The van der Waals surface area contributed by atoms with Crippen molar-refractivity contribution in [1.29, 1.82) is 0 Å². The van der Waals surface area contributed by atoms with Gasteiger partial charge in [-0.1, -0.05) is 30.3 Å². The van der Waals surface area contributed by atoms with Crippen LogP contribution in [-0.2, 0) is 25.6 Å². The maximum atomic E-state index is 11.0. The zero-order valence-corrected chi connectivity index (χ0v) is 17.3. The molecule has 160 valence electrons. The summed E-state index contributed by atoms with van der Waals surface area (Å²) in [6, 6.07) is 10.3. The molecule has 1 aromatic rings. The fourth-order valence-corrected chi connectivity index (χ4v) is 4.15. The number of carboxylic acids is 1. The third-order valence-electron chi connectivity index (χ3n) is 5.96. The summed E-state index contributed by atoms with van der Waals surface area (Å²) in [5.41, 5.74) is 5.39. The lowest BCUT2D eigenvalue weighted by Gasteiger charge is -2.36. The lowest BCUT2D eigenvalue weighted by atomic mass is 9.79. The van der Waals surface area contributed by atoms with Crippen molar-refractivity contribution in [2.75, 3.05) is 20.8 Å². The predicted molar refractivity (Wildman–Crippen MR) is 109 cm³/mol. The molecule has 7 heteroatoms. The zero-order chi connectivity index (χ0) is 20.6. The number of benzene rings is 1. The molecule has 0 heterocycles. The van der Waals surface area contributed by atoms with Crippen molar-refractivity contribution in [1.82, 2.24) is 5.43 Å². The van der Waals surface area contributed by atoms with E-state index >= 15 is 0 Å². The molecule has 29 heavy (non-hydrogen) atoms. The van der Waals surface area contributed by atoms with Gasteiger partial charge in [-0.15, -0.1) is 0 Å². The molecule has 0 amide bonds. The average molecular weight is 405 g/mol. The second-order valence-corrected chi connectivity index (χ2v) is 8.02. The maximum Gasteiger partial charge on any atom is 0.306 e. The van der Waals surface area contributed by atoms with Gasteiger partial charge in [0.1, 0.15) is 0 Å². The monoisotopic (exact) mass is 404 g/mol. The van der Waals surface area contributed by atoms with Gasteiger partial charge in [0, 0.05) is 32.6 Å². The number of carbonyl (C=O) groups is 1. The van der Waals surface area contributed by atoms with E-state index in [9.17, 15) is 4.79 Å². The van der Waals surface area contributed by atoms with Gasteiger partial charge >= 0.3 is 5.97 Å². The van der Waals surface area contributed by atoms with Gasteiger partial charge in [-0.2, -0.15) is 5.10 Å². The highest BCUT2D eigenvalue weighted by atomic mass is 16.7. The highest BCUT2D eigenvalue weighted by Crippen LogP contribution is 2.32. The predicted octanol–water partition coefficient (Wildman–Crippen LogP) is 3.05. The maximum absolute atomic E-state index is 11.0. The first-order chi connectivity index (χ1) is 14.1. The molecule has 3 rings (SSSR count). The van der Waals surface area contributed by atoms with E-state index in [0.717, 1.165) is 25.0 Å². The van der Waals surface area contributed by atoms with Crippen LogP contribution in [-0.4, -0.2) is 49.9 Å². The molecule has 2 N–H and O–H groups in total. The van der Waals surface area contributed by atoms with Crippen LogP contribution in [0.5, 0.6) is 0 Å². The van der Waals surface area contributed by atoms with Gasteiger partial charge in [0.2, 0.25) is 0 Å². The second kappa shape index (κ2) is 10.7. The molecule has 7 nitrogen and oxygen atoms in total. The van der Waals surface area contributed by atoms with Gasteiger partial charge < -0.3 is 24.7 Å². The van der Waals surface area contributed by atoms with Crippen LogP contribution < -0.4 is 5.43 Å². The molecular formula is C22H32N2O5. The summed E-state index contributed by atoms with van der Waals surface area (Å²) in [5, 5.41) is 13.6. The first-order valence-electron chi connectivity index (χ1n) is 10.3. The second-order valence-electron chi connectivity index (χ2n) is 8.02. The SMILES string of the molecule is COC(OC)C1CC(COCc2ccccc2)CC/C1=N\NC1CC(C(=O)O)C1. The Hall–Kier alpha value is -1.96. The number of carboxylic acid groups (broad SMARTS) is 1. The van der Waals surface area contributed by atoms with Crippen molar-refractivity contribution in [3.63, 3.8) is 0 Å². The zero-order valence-electron chi connectivity index (χ0n) is 17.3. The van der Waals surface area contributed by atoms with Gasteiger partial charge in [0.05, 0.1) is 18.4 Å². The molecule has 2 aliphatic rings. The molecule has 2 saturated carbocycles. The van der Waals surface area contributed by atoms with E-state index in [1.54, 1.807) is 14.2 Å². The van der Waals surface area contributed by atoms with Crippen molar-refractivity contribution in [2.45, 2.75) is 51.0 Å². The normalized spacial score (nSPS) is 28.3. The van der Waals surface area contributed by atoms with Crippen LogP contribution in [0, 0.1) is 17.8 Å². The Morgan fingerprint density at radius 1 is 1.21 bits per heavy atom. The summed E-state index contributed by atoms with van der Waals surface area (Å²) >= 11 is 0. The molecule has 0 aliphatic heterocycles. The Morgan fingerprint density at radius 2 is 1.93 bits per heavy atom. The van der Waals surface area contributed by atoms with Crippen LogP contribution in [0.2, 0.25) is 0 Å². The number of hydrogen-bond donors (Lipinski definition) is 2. The third kappa shape index (κ3) is 6.01. The first-order valence-corrected chi connectivity index (χ1v) is 10.3. The van der Waals surface area contributed by atoms with Crippen molar-refractivity contribution >= 4 is 11.7 Å². The van der Waals surface area contributed by atoms with E-state index in [-0.39, 0.29) is 24.2 Å². The molecule has 0 spiro atoms. The first kappa shape index (κ1) is 21.7. The number of hydrogen-bond acceptors (Lipinski definition) is 6. The van der Waals surface area contributed by atoms with E-state index in [4.69, 9.17) is 19.3 Å². The fraction of sp³-hybridized carbons (Fsp3) is 0.636. The van der Waals surface area contributed by atoms with Crippen LogP contribution in [0.3, 0.4) is 0 Å². The highest BCUT2D eigenvalue weighted by Gasteiger charge is 2.36. The average Bonchev–Trinajstić information content (AvgIpc) is 2.69. The van der Waals surface area contributed by atoms with E-state index in [0.29, 0.717) is 32.0 Å². The molecule has 2 fully saturated rings. The molecule has 0 aromatic heterocycles. The molecule has 0 radical (unpaired) electrons. The molecule has 0 saturated heterocycles. The molecule has 2 atom stereocenters. The van der Waals surface area contributed by atoms with E-state index in [1.165, 1.54) is 5.56 Å². The third-order valence-corrected chi connectivity index (χ3v) is 5.96. The topological polar surface area (TPSA) is 89.4 Å². The Morgan fingerprint density at radius 3 is 2.59 bits per heavy atom. The van der Waals surface area contributed by atoms with Crippen molar-refractivity contribution in [3.8, 4) is 0 Å². The summed E-state index contributed by atoms with van der Waals surface area (Å²) in [4.78, 5) is 11.0. The van der Waals surface area contributed by atoms with Crippen molar-refractivity contribution < 1.29 is 24.1 Å². The minimum atomic E-state index is -0.719. The highest BCUT2D eigenvalue weighted by molar-refractivity contribution is 5.87. The summed E-state index contributed by atoms with van der Waals surface area (Å²) in [6.45, 7) is 1.32. The summed E-state index contributed by atoms with van der Waals surface area (Å²) in [5.74, 6) is -0.474. The Bertz CT molecular complexity index is 671. The Labute approximate surface area is 172 Å². The van der Waals surface area contributed by atoms with Crippen molar-refractivity contribution in [3.05, 3.63) is 35.9 Å². The largest absolute Gasteiger partial charge is 0.481 e. The van der Waals surface area contributed by atoms with Gasteiger partial charge in [-0.25, -0.2) is 0 Å². The summed E-state index contributed by atoms with van der Waals surface area (Å²) < 4.78 is 17.0. The van der Waals surface area contributed by atoms with Gasteiger partial charge in [0.25, 0.3) is 0 Å². The minimum Gasteiger partial charge on any atom is -0.481 e. The minimum absolute atomic E-state index is 0.0620. The standard InChI is InChI=1S/C22H32N2O5/c1-27-22(28-2)19-10-16(14-29-13-15-6-4-3-5-7-15)8-9-20(19)24-23-18-11-17(12-18)21(25)26/h3-7,16-19,22-23H,8-14H2,1-2H3,(H,25,26)/b24-20+. The van der Waals surface area contributed by atoms with Crippen LogP contribution in [0.25, 0.3) is 0 Å². The molecular weight excluding hydrogens is 372 g/mol.